The summed E-state index contributed by atoms with van der Waals surface area (Å²) in [6.45, 7) is 10.8. The molecule has 1 aromatic carbocycles. The van der Waals surface area contributed by atoms with Gasteiger partial charge in [-0.25, -0.2) is 0 Å². The van der Waals surface area contributed by atoms with E-state index in [1.165, 1.54) is 5.56 Å². The summed E-state index contributed by atoms with van der Waals surface area (Å²) in [5.74, 6) is 0. The first kappa shape index (κ1) is 12.9. The third kappa shape index (κ3) is 2.34. The number of rotatable bonds is 2. The second kappa shape index (κ2) is 5.41. The van der Waals surface area contributed by atoms with Gasteiger partial charge in [-0.05, 0) is 32.0 Å². The topological polar surface area (TPSA) is 30.3 Å². The minimum absolute atomic E-state index is 0.551. The summed E-state index contributed by atoms with van der Waals surface area (Å²) in [5, 5.41) is 9.25. The standard InChI is InChI=1S/C15H21N3/c1-4-17-8-9-18(11-13(17)3)15-12(2)6-5-7-14(15)10-16/h5-7,13H,4,8-9,11H2,1-3H3. The highest BCUT2D eigenvalue weighted by Gasteiger charge is 2.24. The van der Waals surface area contributed by atoms with Gasteiger partial charge in [-0.1, -0.05) is 19.1 Å². The normalized spacial score (nSPS) is 20.8. The Kier molecular flexibility index (Phi) is 3.88. The Hall–Kier alpha value is -1.53. The summed E-state index contributed by atoms with van der Waals surface area (Å²) >= 11 is 0. The lowest BCUT2D eigenvalue weighted by molar-refractivity contribution is 0.199. The van der Waals surface area contributed by atoms with Crippen LogP contribution >= 0.6 is 0 Å². The molecule has 1 heterocycles. The molecular weight excluding hydrogens is 222 g/mol. The summed E-state index contributed by atoms with van der Waals surface area (Å²) in [6, 6.07) is 8.84. The zero-order valence-electron chi connectivity index (χ0n) is 11.5. The zero-order valence-corrected chi connectivity index (χ0v) is 11.5. The molecule has 0 aliphatic carbocycles. The van der Waals surface area contributed by atoms with Crippen LogP contribution in [0.5, 0.6) is 0 Å². The molecule has 18 heavy (non-hydrogen) atoms. The fourth-order valence-electron chi connectivity index (χ4n) is 2.84. The fraction of sp³-hybridized carbons (Fsp3) is 0.533. The zero-order chi connectivity index (χ0) is 13.1. The van der Waals surface area contributed by atoms with Crippen molar-refractivity contribution >= 4 is 5.69 Å². The maximum atomic E-state index is 9.25. The highest BCUT2D eigenvalue weighted by Crippen LogP contribution is 2.26. The molecule has 0 radical (unpaired) electrons. The molecule has 1 atom stereocenters. The van der Waals surface area contributed by atoms with E-state index in [1.54, 1.807) is 0 Å². The third-order valence-corrected chi connectivity index (χ3v) is 3.85. The van der Waals surface area contributed by atoms with E-state index in [1.807, 2.05) is 12.1 Å². The van der Waals surface area contributed by atoms with Crippen molar-refractivity contribution in [1.29, 1.82) is 5.26 Å². The van der Waals surface area contributed by atoms with Gasteiger partial charge in [0.05, 0.1) is 11.3 Å². The van der Waals surface area contributed by atoms with Crippen LogP contribution in [0.15, 0.2) is 18.2 Å². The minimum Gasteiger partial charge on any atom is -0.367 e. The maximum absolute atomic E-state index is 9.25. The molecule has 1 saturated heterocycles. The third-order valence-electron chi connectivity index (χ3n) is 3.85. The van der Waals surface area contributed by atoms with E-state index in [-0.39, 0.29) is 0 Å². The lowest BCUT2D eigenvalue weighted by Gasteiger charge is -2.41. The molecule has 3 heteroatoms. The Morgan fingerprint density at radius 3 is 2.78 bits per heavy atom. The summed E-state index contributed by atoms with van der Waals surface area (Å²) in [6.07, 6.45) is 0. The van der Waals surface area contributed by atoms with Crippen LogP contribution < -0.4 is 4.90 Å². The number of anilines is 1. The number of piperazine rings is 1. The number of hydrogen-bond donors (Lipinski definition) is 0. The molecule has 1 aliphatic heterocycles. The molecule has 1 fully saturated rings. The molecule has 2 rings (SSSR count). The Bertz CT molecular complexity index is 461. The Labute approximate surface area is 110 Å². The molecule has 0 N–H and O–H groups in total. The summed E-state index contributed by atoms with van der Waals surface area (Å²) < 4.78 is 0. The van der Waals surface area contributed by atoms with Gasteiger partial charge >= 0.3 is 0 Å². The van der Waals surface area contributed by atoms with Gasteiger partial charge in [0, 0.05) is 25.7 Å². The number of hydrogen-bond acceptors (Lipinski definition) is 3. The van der Waals surface area contributed by atoms with E-state index < -0.39 is 0 Å². The average Bonchev–Trinajstić information content (AvgIpc) is 2.38. The van der Waals surface area contributed by atoms with Crippen molar-refractivity contribution in [1.82, 2.24) is 4.90 Å². The van der Waals surface area contributed by atoms with Crippen molar-refractivity contribution in [3.8, 4) is 6.07 Å². The summed E-state index contributed by atoms with van der Waals surface area (Å²) in [5.41, 5.74) is 3.13. The fourth-order valence-corrected chi connectivity index (χ4v) is 2.84. The van der Waals surface area contributed by atoms with Gasteiger partial charge in [0.1, 0.15) is 6.07 Å². The lowest BCUT2D eigenvalue weighted by atomic mass is 10.1. The van der Waals surface area contributed by atoms with Crippen LogP contribution in [0.3, 0.4) is 0 Å². The number of nitriles is 1. The molecule has 1 unspecified atom stereocenters. The first-order chi connectivity index (χ1) is 8.67. The minimum atomic E-state index is 0.551. The predicted molar refractivity (Wildman–Crippen MR) is 74.8 cm³/mol. The molecule has 0 aromatic heterocycles. The van der Waals surface area contributed by atoms with Crippen LogP contribution in [0.2, 0.25) is 0 Å². The molecular formula is C15H21N3. The molecule has 3 nitrogen and oxygen atoms in total. The smallest absolute Gasteiger partial charge is 0.101 e. The van der Waals surface area contributed by atoms with E-state index in [2.05, 4.69) is 42.7 Å². The van der Waals surface area contributed by atoms with E-state index in [0.29, 0.717) is 6.04 Å². The largest absolute Gasteiger partial charge is 0.367 e. The van der Waals surface area contributed by atoms with Crippen molar-refractivity contribution in [2.45, 2.75) is 26.8 Å². The van der Waals surface area contributed by atoms with E-state index >= 15 is 0 Å². The first-order valence-corrected chi connectivity index (χ1v) is 6.66. The number of benzene rings is 1. The summed E-state index contributed by atoms with van der Waals surface area (Å²) in [4.78, 5) is 4.85. The van der Waals surface area contributed by atoms with Gasteiger partial charge in [-0.2, -0.15) is 5.26 Å². The SMILES string of the molecule is CCN1CCN(c2c(C)cccc2C#N)CC1C. The van der Waals surface area contributed by atoms with Crippen molar-refractivity contribution in [2.24, 2.45) is 0 Å². The molecule has 0 spiro atoms. The highest BCUT2D eigenvalue weighted by atomic mass is 15.3. The van der Waals surface area contributed by atoms with Crippen LogP contribution in [-0.2, 0) is 0 Å². The van der Waals surface area contributed by atoms with Crippen LogP contribution in [0.25, 0.3) is 0 Å². The van der Waals surface area contributed by atoms with Crippen molar-refractivity contribution in [3.63, 3.8) is 0 Å². The monoisotopic (exact) mass is 243 g/mol. The lowest BCUT2D eigenvalue weighted by Crippen LogP contribution is -2.52. The van der Waals surface area contributed by atoms with E-state index in [0.717, 1.165) is 37.4 Å². The molecule has 0 saturated carbocycles. The van der Waals surface area contributed by atoms with E-state index in [9.17, 15) is 5.26 Å². The number of para-hydroxylation sites is 1. The second-order valence-electron chi connectivity index (χ2n) is 5.01. The molecule has 96 valence electrons. The van der Waals surface area contributed by atoms with Crippen molar-refractivity contribution in [2.75, 3.05) is 31.1 Å². The summed E-state index contributed by atoms with van der Waals surface area (Å²) in [7, 11) is 0. The molecule has 0 amide bonds. The molecule has 0 bridgehead atoms. The molecule has 1 aromatic rings. The van der Waals surface area contributed by atoms with Gasteiger partial charge in [0.2, 0.25) is 0 Å². The predicted octanol–water partition coefficient (Wildman–Crippen LogP) is 2.40. The van der Waals surface area contributed by atoms with Crippen LogP contribution in [0.1, 0.15) is 25.0 Å². The average molecular weight is 243 g/mol. The maximum Gasteiger partial charge on any atom is 0.101 e. The Morgan fingerprint density at radius 2 is 2.17 bits per heavy atom. The Morgan fingerprint density at radius 1 is 1.39 bits per heavy atom. The van der Waals surface area contributed by atoms with Crippen LogP contribution in [0.4, 0.5) is 5.69 Å². The second-order valence-corrected chi connectivity index (χ2v) is 5.01. The van der Waals surface area contributed by atoms with E-state index in [4.69, 9.17) is 0 Å². The number of nitrogens with zero attached hydrogens (tertiary/aromatic N) is 3. The van der Waals surface area contributed by atoms with Gasteiger partial charge in [-0.15, -0.1) is 0 Å². The quantitative estimate of drug-likeness (QED) is 0.799. The number of likely N-dealkylation sites (N-methyl/N-ethyl adjacent to an activating group) is 1. The van der Waals surface area contributed by atoms with Gasteiger partial charge in [0.15, 0.2) is 0 Å². The van der Waals surface area contributed by atoms with Crippen LogP contribution in [-0.4, -0.2) is 37.1 Å². The first-order valence-electron chi connectivity index (χ1n) is 6.66. The van der Waals surface area contributed by atoms with Crippen molar-refractivity contribution in [3.05, 3.63) is 29.3 Å². The van der Waals surface area contributed by atoms with Crippen molar-refractivity contribution < 1.29 is 0 Å². The van der Waals surface area contributed by atoms with Gasteiger partial charge in [-0.3, -0.25) is 4.90 Å². The van der Waals surface area contributed by atoms with Gasteiger partial charge < -0.3 is 4.90 Å². The highest BCUT2D eigenvalue weighted by molar-refractivity contribution is 5.64. The number of aryl methyl sites for hydroxylation is 1. The molecule has 1 aliphatic rings. The van der Waals surface area contributed by atoms with Crippen LogP contribution in [0, 0.1) is 18.3 Å². The van der Waals surface area contributed by atoms with Gasteiger partial charge in [0.25, 0.3) is 0 Å². The Balaban J connectivity index is 2.26.